The molecule has 0 fully saturated rings. The molecule has 0 saturated carbocycles. The zero-order valence-corrected chi connectivity index (χ0v) is 12.1. The van der Waals surface area contributed by atoms with Gasteiger partial charge in [-0.1, -0.05) is 0 Å². The molecule has 0 spiro atoms. The molecule has 1 unspecified atom stereocenters. The van der Waals surface area contributed by atoms with Crippen molar-refractivity contribution in [3.05, 3.63) is 29.6 Å². The maximum Gasteiger partial charge on any atom is 0.253 e. The van der Waals surface area contributed by atoms with Crippen molar-refractivity contribution in [1.29, 1.82) is 0 Å². The summed E-state index contributed by atoms with van der Waals surface area (Å²) in [5.41, 5.74) is 6.58. The van der Waals surface area contributed by atoms with E-state index in [0.29, 0.717) is 12.0 Å². The second-order valence-electron chi connectivity index (χ2n) is 5.04. The lowest BCUT2D eigenvalue weighted by Gasteiger charge is -2.13. The summed E-state index contributed by atoms with van der Waals surface area (Å²) in [6, 6.07) is 3.57. The van der Waals surface area contributed by atoms with Crippen LogP contribution in [0.4, 0.5) is 0 Å². The van der Waals surface area contributed by atoms with Gasteiger partial charge in [-0.2, -0.15) is 0 Å². The van der Waals surface area contributed by atoms with Gasteiger partial charge in [-0.05, 0) is 32.9 Å². The van der Waals surface area contributed by atoms with E-state index in [4.69, 9.17) is 5.73 Å². The first-order valence-electron chi connectivity index (χ1n) is 6.67. The van der Waals surface area contributed by atoms with Crippen LogP contribution >= 0.6 is 0 Å². The number of rotatable bonds is 6. The molecule has 2 amide bonds. The molecule has 0 bridgehead atoms. The van der Waals surface area contributed by atoms with Crippen LogP contribution in [0.3, 0.4) is 0 Å². The molecule has 0 saturated heterocycles. The quantitative estimate of drug-likeness (QED) is 0.693. The first-order valence-corrected chi connectivity index (χ1v) is 6.67. The maximum atomic E-state index is 11.8. The molecular weight excluding hydrogens is 256 g/mol. The summed E-state index contributed by atoms with van der Waals surface area (Å²) < 4.78 is 0. The summed E-state index contributed by atoms with van der Waals surface area (Å²) in [5, 5.41) is 5.56. The summed E-state index contributed by atoms with van der Waals surface area (Å²) in [6.07, 6.45) is 2.14. The Labute approximate surface area is 119 Å². The van der Waals surface area contributed by atoms with Crippen molar-refractivity contribution in [3.63, 3.8) is 0 Å². The van der Waals surface area contributed by atoms with Gasteiger partial charge in [0.15, 0.2) is 0 Å². The van der Waals surface area contributed by atoms with Crippen LogP contribution in [0.25, 0.3) is 0 Å². The van der Waals surface area contributed by atoms with Crippen LogP contribution in [-0.2, 0) is 11.2 Å². The van der Waals surface area contributed by atoms with E-state index >= 15 is 0 Å². The molecule has 6 heteroatoms. The molecule has 110 valence electrons. The number of nitrogens with two attached hydrogens (primary N) is 1. The van der Waals surface area contributed by atoms with E-state index in [-0.39, 0.29) is 30.4 Å². The maximum absolute atomic E-state index is 11.8. The summed E-state index contributed by atoms with van der Waals surface area (Å²) in [4.78, 5) is 27.1. The van der Waals surface area contributed by atoms with E-state index in [0.717, 1.165) is 5.69 Å². The number of hydrogen-bond donors (Lipinski definition) is 3. The molecule has 1 aromatic rings. The molecule has 20 heavy (non-hydrogen) atoms. The molecule has 0 radical (unpaired) electrons. The van der Waals surface area contributed by atoms with Gasteiger partial charge in [0, 0.05) is 30.4 Å². The zero-order valence-electron chi connectivity index (χ0n) is 12.1. The van der Waals surface area contributed by atoms with Crippen LogP contribution in [0.2, 0.25) is 0 Å². The van der Waals surface area contributed by atoms with Crippen molar-refractivity contribution in [3.8, 4) is 0 Å². The van der Waals surface area contributed by atoms with Crippen LogP contribution < -0.4 is 16.4 Å². The van der Waals surface area contributed by atoms with Crippen molar-refractivity contribution >= 4 is 11.8 Å². The van der Waals surface area contributed by atoms with E-state index in [9.17, 15) is 9.59 Å². The molecule has 0 aromatic carbocycles. The van der Waals surface area contributed by atoms with Crippen LogP contribution in [-0.4, -0.2) is 35.4 Å². The molecule has 4 N–H and O–H groups in total. The van der Waals surface area contributed by atoms with E-state index in [1.807, 2.05) is 20.8 Å². The minimum absolute atomic E-state index is 0.0217. The topological polar surface area (TPSA) is 97.1 Å². The highest BCUT2D eigenvalue weighted by Crippen LogP contribution is 2.04. The Hall–Kier alpha value is -1.95. The third-order valence-electron chi connectivity index (χ3n) is 2.61. The summed E-state index contributed by atoms with van der Waals surface area (Å²) in [7, 11) is 0. The Balaban J connectivity index is 2.58. The fourth-order valence-corrected chi connectivity index (χ4v) is 1.72. The Kier molecular flexibility index (Phi) is 6.11. The minimum Gasteiger partial charge on any atom is -0.352 e. The number of amides is 2. The van der Waals surface area contributed by atoms with E-state index < -0.39 is 0 Å². The Bertz CT molecular complexity index is 457. The van der Waals surface area contributed by atoms with Gasteiger partial charge in [0.25, 0.3) is 5.91 Å². The zero-order chi connectivity index (χ0) is 15.1. The second-order valence-corrected chi connectivity index (χ2v) is 5.04. The molecular formula is C14H22N4O2. The number of aromatic nitrogens is 1. The standard InChI is InChI=1S/C14H22N4O2/c1-9(2)17-14(20)11-4-5-12(16-8-11)6-10(3)18-13(19)7-15/h4-5,8-10H,6-7,15H2,1-3H3,(H,17,20)(H,18,19). The molecule has 1 rings (SSSR count). The monoisotopic (exact) mass is 278 g/mol. The first kappa shape index (κ1) is 16.1. The van der Waals surface area contributed by atoms with Gasteiger partial charge >= 0.3 is 0 Å². The lowest BCUT2D eigenvalue weighted by Crippen LogP contribution is -2.38. The molecule has 1 aromatic heterocycles. The number of nitrogens with zero attached hydrogens (tertiary/aromatic N) is 1. The van der Waals surface area contributed by atoms with Gasteiger partial charge in [-0.3, -0.25) is 14.6 Å². The van der Waals surface area contributed by atoms with Gasteiger partial charge in [0.2, 0.25) is 5.91 Å². The van der Waals surface area contributed by atoms with Gasteiger partial charge in [-0.15, -0.1) is 0 Å². The van der Waals surface area contributed by atoms with Crippen molar-refractivity contribution in [2.45, 2.75) is 39.3 Å². The molecule has 0 aliphatic carbocycles. The van der Waals surface area contributed by atoms with Crippen LogP contribution in [0.5, 0.6) is 0 Å². The fourth-order valence-electron chi connectivity index (χ4n) is 1.72. The van der Waals surface area contributed by atoms with E-state index in [1.165, 1.54) is 0 Å². The predicted molar refractivity (Wildman–Crippen MR) is 77.2 cm³/mol. The van der Waals surface area contributed by atoms with Crippen LogP contribution in [0.1, 0.15) is 36.8 Å². The first-order chi connectivity index (χ1) is 9.42. The Morgan fingerprint density at radius 2 is 1.95 bits per heavy atom. The minimum atomic E-state index is -0.189. The summed E-state index contributed by atoms with van der Waals surface area (Å²) in [6.45, 7) is 5.67. The van der Waals surface area contributed by atoms with Gasteiger partial charge in [0.05, 0.1) is 12.1 Å². The molecule has 6 nitrogen and oxygen atoms in total. The van der Waals surface area contributed by atoms with E-state index in [2.05, 4.69) is 15.6 Å². The fraction of sp³-hybridized carbons (Fsp3) is 0.500. The average molecular weight is 278 g/mol. The number of nitrogens with one attached hydrogen (secondary N) is 2. The van der Waals surface area contributed by atoms with Crippen molar-refractivity contribution in [1.82, 2.24) is 15.6 Å². The van der Waals surface area contributed by atoms with Crippen molar-refractivity contribution in [2.24, 2.45) is 5.73 Å². The molecule has 1 heterocycles. The summed E-state index contributed by atoms with van der Waals surface area (Å²) in [5.74, 6) is -0.325. The second kappa shape index (κ2) is 7.59. The lowest BCUT2D eigenvalue weighted by atomic mass is 10.1. The van der Waals surface area contributed by atoms with Crippen molar-refractivity contribution in [2.75, 3.05) is 6.54 Å². The third kappa shape index (κ3) is 5.36. The number of pyridine rings is 1. The Morgan fingerprint density at radius 3 is 2.45 bits per heavy atom. The SMILES string of the molecule is CC(C)NC(=O)c1ccc(CC(C)NC(=O)CN)nc1. The highest BCUT2D eigenvalue weighted by Gasteiger charge is 2.10. The van der Waals surface area contributed by atoms with Gasteiger partial charge < -0.3 is 16.4 Å². The highest BCUT2D eigenvalue weighted by molar-refractivity contribution is 5.94. The smallest absolute Gasteiger partial charge is 0.253 e. The van der Waals surface area contributed by atoms with Crippen LogP contribution in [0.15, 0.2) is 18.3 Å². The number of carbonyl (C=O) groups is 2. The summed E-state index contributed by atoms with van der Waals surface area (Å²) >= 11 is 0. The largest absolute Gasteiger partial charge is 0.352 e. The van der Waals surface area contributed by atoms with Gasteiger partial charge in [-0.25, -0.2) is 0 Å². The average Bonchev–Trinajstić information content (AvgIpc) is 2.38. The number of hydrogen-bond acceptors (Lipinski definition) is 4. The van der Waals surface area contributed by atoms with E-state index in [1.54, 1.807) is 18.3 Å². The normalized spacial score (nSPS) is 12.1. The lowest BCUT2D eigenvalue weighted by molar-refractivity contribution is -0.120. The highest BCUT2D eigenvalue weighted by atomic mass is 16.2. The number of carbonyl (C=O) groups excluding carboxylic acids is 2. The molecule has 1 atom stereocenters. The van der Waals surface area contributed by atoms with Crippen molar-refractivity contribution < 1.29 is 9.59 Å². The van der Waals surface area contributed by atoms with Gasteiger partial charge in [0.1, 0.15) is 0 Å². The molecule has 0 aliphatic rings. The Morgan fingerprint density at radius 1 is 1.25 bits per heavy atom. The predicted octanol–water partition coefficient (Wildman–Crippen LogP) is 0.226. The third-order valence-corrected chi connectivity index (χ3v) is 2.61. The molecule has 0 aliphatic heterocycles. The van der Waals surface area contributed by atoms with Crippen LogP contribution in [0, 0.1) is 0 Å².